The fraction of sp³-hybridized carbons (Fsp3) is 0.938. The number of halogens is 4. The third-order valence-corrected chi connectivity index (χ3v) is 7.27. The molecular formula is C16H22F4O6S. The van der Waals surface area contributed by atoms with Crippen molar-refractivity contribution in [2.45, 2.75) is 73.7 Å². The van der Waals surface area contributed by atoms with Gasteiger partial charge in [-0.15, -0.1) is 0 Å². The van der Waals surface area contributed by atoms with Crippen LogP contribution in [0.2, 0.25) is 0 Å². The van der Waals surface area contributed by atoms with Crippen LogP contribution in [0.15, 0.2) is 0 Å². The molecule has 4 aliphatic rings. The number of ether oxygens (including phenoxy) is 1. The quantitative estimate of drug-likeness (QED) is 0.388. The van der Waals surface area contributed by atoms with Gasteiger partial charge in [0.1, 0.15) is 5.60 Å². The van der Waals surface area contributed by atoms with Crippen molar-refractivity contribution in [2.24, 2.45) is 11.8 Å². The van der Waals surface area contributed by atoms with Gasteiger partial charge >= 0.3 is 27.3 Å². The van der Waals surface area contributed by atoms with Gasteiger partial charge in [0.05, 0.1) is 19.1 Å². The highest BCUT2D eigenvalue weighted by atomic mass is 32.2. The summed E-state index contributed by atoms with van der Waals surface area (Å²) in [6.45, 7) is 0. The van der Waals surface area contributed by atoms with E-state index in [9.17, 15) is 35.9 Å². The van der Waals surface area contributed by atoms with Gasteiger partial charge in [0, 0.05) is 12.8 Å². The van der Waals surface area contributed by atoms with Gasteiger partial charge in [-0.2, -0.15) is 26.0 Å². The van der Waals surface area contributed by atoms with E-state index in [2.05, 4.69) is 4.18 Å². The largest absolute Gasteiger partial charge is 0.459 e. The third kappa shape index (κ3) is 3.57. The molecule has 0 aromatic carbocycles. The maximum Gasteiger partial charge on any atom is 0.431 e. The molecule has 2 atom stereocenters. The average Bonchev–Trinajstić information content (AvgIpc) is 2.49. The van der Waals surface area contributed by atoms with Crippen LogP contribution < -0.4 is 0 Å². The van der Waals surface area contributed by atoms with E-state index < -0.39 is 51.3 Å². The molecule has 156 valence electrons. The first-order valence-electron chi connectivity index (χ1n) is 8.73. The molecule has 4 fully saturated rings. The lowest BCUT2D eigenvalue weighted by Crippen LogP contribution is -2.60. The maximum absolute atomic E-state index is 13.7. The number of alkyl halides is 4. The second kappa shape index (κ2) is 6.28. The number of esters is 1. The topological polar surface area (TPSA) is 89.9 Å². The smallest absolute Gasteiger partial charge is 0.431 e. The Bertz CT molecular complexity index is 708. The zero-order valence-corrected chi connectivity index (χ0v) is 15.5. The lowest BCUT2D eigenvalue weighted by molar-refractivity contribution is -0.222. The molecule has 4 saturated carbocycles. The first kappa shape index (κ1) is 20.8. The van der Waals surface area contributed by atoms with Crippen LogP contribution in [0.25, 0.3) is 0 Å². The molecule has 4 bridgehead atoms. The van der Waals surface area contributed by atoms with Crippen molar-refractivity contribution in [3.05, 3.63) is 0 Å². The summed E-state index contributed by atoms with van der Waals surface area (Å²) in [7, 11) is -5.47. The summed E-state index contributed by atoms with van der Waals surface area (Å²) in [5.74, 6) is -5.74. The van der Waals surface area contributed by atoms with Crippen LogP contribution in [-0.4, -0.2) is 49.0 Å². The Hall–Kier alpha value is -0.940. The number of rotatable bonds is 7. The molecule has 0 amide bonds. The second-order valence-electron chi connectivity index (χ2n) is 8.18. The highest BCUT2D eigenvalue weighted by Crippen LogP contribution is 2.59. The van der Waals surface area contributed by atoms with Gasteiger partial charge in [0.25, 0.3) is 0 Å². The van der Waals surface area contributed by atoms with Gasteiger partial charge in [-0.25, -0.2) is 0 Å². The van der Waals surface area contributed by atoms with E-state index in [1.165, 1.54) is 0 Å². The van der Waals surface area contributed by atoms with Gasteiger partial charge in [-0.3, -0.25) is 8.98 Å². The maximum atomic E-state index is 13.7. The second-order valence-corrected chi connectivity index (χ2v) is 9.94. The lowest BCUT2D eigenvalue weighted by Gasteiger charge is -2.59. The number of carbonyl (C=O) groups excluding carboxylic acids is 1. The van der Waals surface area contributed by atoms with Crippen molar-refractivity contribution in [2.75, 3.05) is 7.11 Å². The van der Waals surface area contributed by atoms with E-state index in [0.717, 1.165) is 6.42 Å². The molecule has 6 nitrogen and oxygen atoms in total. The van der Waals surface area contributed by atoms with Crippen molar-refractivity contribution < 1.29 is 44.8 Å². The van der Waals surface area contributed by atoms with Crippen LogP contribution in [0.4, 0.5) is 17.6 Å². The van der Waals surface area contributed by atoms with E-state index in [4.69, 9.17) is 4.74 Å². The minimum absolute atomic E-state index is 0.182. The SMILES string of the molecule is COS(=O)(=O)C(F)(F)C(F)(F)CCC(=O)OC12CC3CC(CC(O)(C3)C1)C2. The van der Waals surface area contributed by atoms with Crippen LogP contribution in [0.1, 0.15) is 51.4 Å². The molecule has 27 heavy (non-hydrogen) atoms. The monoisotopic (exact) mass is 418 g/mol. The zero-order chi connectivity index (χ0) is 20.3. The predicted molar refractivity (Wildman–Crippen MR) is 83.5 cm³/mol. The Balaban J connectivity index is 1.63. The van der Waals surface area contributed by atoms with E-state index in [1.807, 2.05) is 0 Å². The van der Waals surface area contributed by atoms with Crippen LogP contribution in [0, 0.1) is 11.8 Å². The molecule has 0 spiro atoms. The van der Waals surface area contributed by atoms with Crippen LogP contribution in [-0.2, 0) is 23.8 Å². The van der Waals surface area contributed by atoms with Crippen LogP contribution >= 0.6 is 0 Å². The van der Waals surface area contributed by atoms with Crippen molar-refractivity contribution in [3.63, 3.8) is 0 Å². The Labute approximate surface area is 154 Å². The summed E-state index contributed by atoms with van der Waals surface area (Å²) in [6.07, 6.45) is 0.615. The first-order valence-corrected chi connectivity index (χ1v) is 10.1. The first-order chi connectivity index (χ1) is 12.2. The summed E-state index contributed by atoms with van der Waals surface area (Å²) in [5, 5.41) is 5.10. The zero-order valence-electron chi connectivity index (χ0n) is 14.7. The Morgan fingerprint density at radius 1 is 1.15 bits per heavy atom. The van der Waals surface area contributed by atoms with Gasteiger partial charge < -0.3 is 9.84 Å². The molecule has 4 aliphatic carbocycles. The average molecular weight is 418 g/mol. The van der Waals surface area contributed by atoms with Gasteiger partial charge in [-0.1, -0.05) is 0 Å². The van der Waals surface area contributed by atoms with Gasteiger partial charge in [0.15, 0.2) is 0 Å². The summed E-state index contributed by atoms with van der Waals surface area (Å²) in [4.78, 5) is 12.1. The minimum Gasteiger partial charge on any atom is -0.459 e. The van der Waals surface area contributed by atoms with Crippen LogP contribution in [0.3, 0.4) is 0 Å². The summed E-state index contributed by atoms with van der Waals surface area (Å²) >= 11 is 0. The molecular weight excluding hydrogens is 396 g/mol. The van der Waals surface area contributed by atoms with Crippen LogP contribution in [0.5, 0.6) is 0 Å². The van der Waals surface area contributed by atoms with Crippen molar-refractivity contribution in [1.82, 2.24) is 0 Å². The minimum atomic E-state index is -5.82. The fourth-order valence-corrected chi connectivity index (χ4v) is 5.91. The van der Waals surface area contributed by atoms with Crippen molar-refractivity contribution in [1.29, 1.82) is 0 Å². The molecule has 1 N–H and O–H groups in total. The highest BCUT2D eigenvalue weighted by molar-refractivity contribution is 7.87. The van der Waals surface area contributed by atoms with Gasteiger partial charge in [-0.05, 0) is 43.9 Å². The summed E-state index contributed by atoms with van der Waals surface area (Å²) < 4.78 is 85.6. The Kier molecular flexibility index (Phi) is 4.84. The van der Waals surface area contributed by atoms with E-state index >= 15 is 0 Å². The Morgan fingerprint density at radius 2 is 1.70 bits per heavy atom. The molecule has 0 aromatic heterocycles. The van der Waals surface area contributed by atoms with E-state index in [-0.39, 0.29) is 18.3 Å². The predicted octanol–water partition coefficient (Wildman–Crippen LogP) is 2.60. The molecule has 2 unspecified atom stereocenters. The summed E-state index contributed by atoms with van der Waals surface area (Å²) in [6, 6.07) is 0. The number of carbonyl (C=O) groups is 1. The van der Waals surface area contributed by atoms with Crippen molar-refractivity contribution in [3.8, 4) is 0 Å². The van der Waals surface area contributed by atoms with Gasteiger partial charge in [0.2, 0.25) is 0 Å². The molecule has 0 radical (unpaired) electrons. The molecule has 0 aliphatic heterocycles. The molecule has 0 saturated heterocycles. The molecule has 11 heteroatoms. The van der Waals surface area contributed by atoms with E-state index in [0.29, 0.717) is 32.8 Å². The van der Waals surface area contributed by atoms with Crippen molar-refractivity contribution >= 4 is 16.1 Å². The fourth-order valence-electron chi connectivity index (χ4n) is 5.24. The standard InChI is InChI=1S/C16H22F4O6S/c1-25-27(23,24)16(19,20)15(17,18)3-2-12(21)26-14-7-10-4-11(8-14)6-13(22,5-10)9-14/h10-11,22H,2-9H2,1H3. The number of hydrogen-bond acceptors (Lipinski definition) is 6. The normalized spacial score (nSPS) is 36.1. The molecule has 4 rings (SSSR count). The molecule has 0 aromatic rings. The third-order valence-electron chi connectivity index (χ3n) is 5.91. The number of aliphatic hydroxyl groups is 1. The highest BCUT2D eigenvalue weighted by Gasteiger charge is 2.66. The molecule has 0 heterocycles. The lowest BCUT2D eigenvalue weighted by atomic mass is 9.52. The van der Waals surface area contributed by atoms with E-state index in [1.54, 1.807) is 0 Å². The number of hydrogen-bond donors (Lipinski definition) is 1. The Morgan fingerprint density at radius 3 is 2.19 bits per heavy atom. The summed E-state index contributed by atoms with van der Waals surface area (Å²) in [5.41, 5.74) is -1.89.